The van der Waals surface area contributed by atoms with Gasteiger partial charge in [0.2, 0.25) is 5.95 Å². The van der Waals surface area contributed by atoms with Crippen molar-refractivity contribution in [1.29, 1.82) is 0 Å². The first-order valence-electron chi connectivity index (χ1n) is 9.43. The second-order valence-electron chi connectivity index (χ2n) is 6.93. The Kier molecular flexibility index (Phi) is 6.59. The number of piperazine rings is 1. The molecule has 2 aromatic rings. The standard InChI is InChI=1S/C20H28N6O/c1-24(2)18-7-3-6-17(16-18)19(27)21-10-5-11-25-12-14-26(15-13-25)20-22-8-4-9-23-20/h3-4,6-9,16H,5,10-15H2,1-2H3,(H,21,27). The van der Waals surface area contributed by atoms with Crippen molar-refractivity contribution >= 4 is 17.5 Å². The molecule has 1 saturated heterocycles. The Bertz CT molecular complexity index is 728. The predicted molar refractivity (Wildman–Crippen MR) is 108 cm³/mol. The zero-order valence-corrected chi connectivity index (χ0v) is 16.1. The normalized spacial score (nSPS) is 14.8. The average Bonchev–Trinajstić information content (AvgIpc) is 2.72. The van der Waals surface area contributed by atoms with E-state index in [0.717, 1.165) is 50.8 Å². The fourth-order valence-corrected chi connectivity index (χ4v) is 3.16. The summed E-state index contributed by atoms with van der Waals surface area (Å²) in [7, 11) is 3.95. The van der Waals surface area contributed by atoms with Gasteiger partial charge in [0.15, 0.2) is 0 Å². The van der Waals surface area contributed by atoms with Crippen molar-refractivity contribution in [3.63, 3.8) is 0 Å². The van der Waals surface area contributed by atoms with Crippen LogP contribution in [0.4, 0.5) is 11.6 Å². The maximum atomic E-state index is 12.3. The lowest BCUT2D eigenvalue weighted by Gasteiger charge is -2.34. The average molecular weight is 368 g/mol. The van der Waals surface area contributed by atoms with Crippen molar-refractivity contribution in [2.45, 2.75) is 6.42 Å². The van der Waals surface area contributed by atoms with Crippen LogP contribution in [0.5, 0.6) is 0 Å². The van der Waals surface area contributed by atoms with E-state index in [2.05, 4.69) is 25.1 Å². The van der Waals surface area contributed by atoms with Crippen molar-refractivity contribution in [1.82, 2.24) is 20.2 Å². The maximum Gasteiger partial charge on any atom is 0.251 e. The molecule has 1 N–H and O–H groups in total. The maximum absolute atomic E-state index is 12.3. The Morgan fingerprint density at radius 3 is 2.56 bits per heavy atom. The number of benzene rings is 1. The molecule has 0 bridgehead atoms. The minimum atomic E-state index is -0.00949. The zero-order chi connectivity index (χ0) is 19.1. The van der Waals surface area contributed by atoms with Crippen molar-refractivity contribution in [3.8, 4) is 0 Å². The van der Waals surface area contributed by atoms with Crippen molar-refractivity contribution in [3.05, 3.63) is 48.3 Å². The van der Waals surface area contributed by atoms with E-state index < -0.39 is 0 Å². The van der Waals surface area contributed by atoms with Gasteiger partial charge in [-0.2, -0.15) is 0 Å². The summed E-state index contributed by atoms with van der Waals surface area (Å²) in [5.41, 5.74) is 1.74. The lowest BCUT2D eigenvalue weighted by molar-refractivity contribution is 0.0951. The Morgan fingerprint density at radius 1 is 1.11 bits per heavy atom. The van der Waals surface area contributed by atoms with E-state index in [0.29, 0.717) is 12.1 Å². The number of aromatic nitrogens is 2. The van der Waals surface area contributed by atoms with Gasteiger partial charge in [-0.25, -0.2) is 9.97 Å². The van der Waals surface area contributed by atoms with E-state index in [-0.39, 0.29) is 5.91 Å². The second kappa shape index (κ2) is 9.32. The molecular formula is C20H28N6O. The smallest absolute Gasteiger partial charge is 0.251 e. The summed E-state index contributed by atoms with van der Waals surface area (Å²) < 4.78 is 0. The van der Waals surface area contributed by atoms with Crippen LogP contribution in [-0.4, -0.2) is 74.1 Å². The van der Waals surface area contributed by atoms with Crippen LogP contribution in [0.25, 0.3) is 0 Å². The molecule has 7 nitrogen and oxygen atoms in total. The molecule has 144 valence electrons. The summed E-state index contributed by atoms with van der Waals surface area (Å²) in [6.45, 7) is 5.55. The van der Waals surface area contributed by atoms with Crippen molar-refractivity contribution < 1.29 is 4.79 Å². The van der Waals surface area contributed by atoms with Crippen LogP contribution in [0.3, 0.4) is 0 Å². The van der Waals surface area contributed by atoms with Crippen molar-refractivity contribution in [2.24, 2.45) is 0 Å². The third kappa shape index (κ3) is 5.40. The van der Waals surface area contributed by atoms with E-state index in [1.54, 1.807) is 12.4 Å². The molecule has 0 radical (unpaired) electrons. The third-order valence-electron chi connectivity index (χ3n) is 4.77. The number of anilines is 2. The SMILES string of the molecule is CN(C)c1cccc(C(=O)NCCCN2CCN(c3ncccn3)CC2)c1. The molecule has 27 heavy (non-hydrogen) atoms. The predicted octanol–water partition coefficient (Wildman–Crippen LogP) is 1.48. The molecule has 1 aromatic carbocycles. The Hall–Kier alpha value is -2.67. The van der Waals surface area contributed by atoms with Gasteiger partial charge in [-0.05, 0) is 37.2 Å². The van der Waals surface area contributed by atoms with Gasteiger partial charge < -0.3 is 15.1 Å². The van der Waals surface area contributed by atoms with Crippen LogP contribution < -0.4 is 15.1 Å². The molecule has 1 aliphatic heterocycles. The number of hydrogen-bond acceptors (Lipinski definition) is 6. The van der Waals surface area contributed by atoms with Gasteiger partial charge >= 0.3 is 0 Å². The summed E-state index contributed by atoms with van der Waals surface area (Å²) in [6.07, 6.45) is 4.51. The van der Waals surface area contributed by atoms with E-state index in [9.17, 15) is 4.79 Å². The third-order valence-corrected chi connectivity index (χ3v) is 4.77. The molecule has 2 heterocycles. The molecular weight excluding hydrogens is 340 g/mol. The number of rotatable bonds is 7. The fourth-order valence-electron chi connectivity index (χ4n) is 3.16. The molecule has 1 aromatic heterocycles. The highest BCUT2D eigenvalue weighted by Crippen LogP contribution is 2.13. The first-order chi connectivity index (χ1) is 13.1. The van der Waals surface area contributed by atoms with E-state index in [1.165, 1.54) is 0 Å². The highest BCUT2D eigenvalue weighted by Gasteiger charge is 2.18. The molecule has 0 atom stereocenters. The summed E-state index contributed by atoms with van der Waals surface area (Å²) in [5, 5.41) is 3.02. The van der Waals surface area contributed by atoms with Gasteiger partial charge in [0, 0.05) is 70.5 Å². The topological polar surface area (TPSA) is 64.6 Å². The Morgan fingerprint density at radius 2 is 1.85 bits per heavy atom. The van der Waals surface area contributed by atoms with Crippen LogP contribution in [0.2, 0.25) is 0 Å². The highest BCUT2D eigenvalue weighted by atomic mass is 16.1. The van der Waals surface area contributed by atoms with Crippen LogP contribution >= 0.6 is 0 Å². The molecule has 7 heteroatoms. The van der Waals surface area contributed by atoms with Gasteiger partial charge in [-0.3, -0.25) is 9.69 Å². The molecule has 3 rings (SSSR count). The Balaban J connectivity index is 1.36. The summed E-state index contributed by atoms with van der Waals surface area (Å²) in [6, 6.07) is 9.52. The molecule has 1 amide bonds. The van der Waals surface area contributed by atoms with Gasteiger partial charge in [-0.15, -0.1) is 0 Å². The van der Waals surface area contributed by atoms with Gasteiger partial charge in [0.1, 0.15) is 0 Å². The number of hydrogen-bond donors (Lipinski definition) is 1. The molecule has 0 aliphatic carbocycles. The minimum absolute atomic E-state index is 0.00949. The first-order valence-corrected chi connectivity index (χ1v) is 9.43. The van der Waals surface area contributed by atoms with Gasteiger partial charge in [0.25, 0.3) is 5.91 Å². The van der Waals surface area contributed by atoms with Gasteiger partial charge in [-0.1, -0.05) is 6.07 Å². The van der Waals surface area contributed by atoms with E-state index >= 15 is 0 Å². The van der Waals surface area contributed by atoms with Gasteiger partial charge in [0.05, 0.1) is 0 Å². The summed E-state index contributed by atoms with van der Waals surface area (Å²) >= 11 is 0. The highest BCUT2D eigenvalue weighted by molar-refractivity contribution is 5.95. The van der Waals surface area contributed by atoms with Crippen LogP contribution in [0.15, 0.2) is 42.7 Å². The van der Waals surface area contributed by atoms with E-state index in [4.69, 9.17) is 0 Å². The summed E-state index contributed by atoms with van der Waals surface area (Å²) in [4.78, 5) is 27.6. The lowest BCUT2D eigenvalue weighted by Crippen LogP contribution is -2.47. The number of nitrogens with zero attached hydrogens (tertiary/aromatic N) is 5. The second-order valence-corrected chi connectivity index (χ2v) is 6.93. The largest absolute Gasteiger partial charge is 0.378 e. The number of carbonyl (C=O) groups excluding carboxylic acids is 1. The molecule has 1 fully saturated rings. The monoisotopic (exact) mass is 368 g/mol. The molecule has 1 aliphatic rings. The fraction of sp³-hybridized carbons (Fsp3) is 0.450. The molecule has 0 unspecified atom stereocenters. The van der Waals surface area contributed by atoms with E-state index in [1.807, 2.05) is 49.3 Å². The zero-order valence-electron chi connectivity index (χ0n) is 16.1. The van der Waals surface area contributed by atoms with Crippen LogP contribution in [0.1, 0.15) is 16.8 Å². The quantitative estimate of drug-likeness (QED) is 0.747. The summed E-state index contributed by atoms with van der Waals surface area (Å²) in [5.74, 6) is 0.800. The molecule has 0 spiro atoms. The number of amides is 1. The Labute approximate surface area is 161 Å². The number of carbonyl (C=O) groups is 1. The first kappa shape index (κ1) is 19.1. The van der Waals surface area contributed by atoms with Crippen LogP contribution in [0, 0.1) is 0 Å². The molecule has 0 saturated carbocycles. The lowest BCUT2D eigenvalue weighted by atomic mass is 10.2. The van der Waals surface area contributed by atoms with Crippen molar-refractivity contribution in [2.75, 3.05) is 63.2 Å². The minimum Gasteiger partial charge on any atom is -0.378 e. The van der Waals surface area contributed by atoms with Crippen LogP contribution in [-0.2, 0) is 0 Å². The number of nitrogens with one attached hydrogen (secondary N) is 1.